The van der Waals surface area contributed by atoms with Gasteiger partial charge in [-0.3, -0.25) is 9.20 Å². The first kappa shape index (κ1) is 16.7. The lowest BCUT2D eigenvalue weighted by Crippen LogP contribution is -2.24. The van der Waals surface area contributed by atoms with Gasteiger partial charge in [-0.1, -0.05) is 41.6 Å². The van der Waals surface area contributed by atoms with Crippen molar-refractivity contribution in [3.05, 3.63) is 59.6 Å². The molecule has 6 nitrogen and oxygen atoms in total. The molecule has 0 unspecified atom stereocenters. The summed E-state index contributed by atoms with van der Waals surface area (Å²) in [4.78, 5) is 12.2. The summed E-state index contributed by atoms with van der Waals surface area (Å²) in [6.45, 7) is 4.47. The van der Waals surface area contributed by atoms with Gasteiger partial charge in [0, 0.05) is 18.7 Å². The van der Waals surface area contributed by atoms with Crippen molar-refractivity contribution in [1.29, 1.82) is 0 Å². The van der Waals surface area contributed by atoms with Crippen LogP contribution in [-0.2, 0) is 11.3 Å². The van der Waals surface area contributed by atoms with Crippen molar-refractivity contribution >= 4 is 34.3 Å². The Balaban J connectivity index is 1.43. The number of thioether (sulfide) groups is 1. The van der Waals surface area contributed by atoms with Crippen LogP contribution < -0.4 is 5.32 Å². The molecular weight excluding hydrogens is 348 g/mol. The molecule has 0 spiro atoms. The second-order valence-corrected chi connectivity index (χ2v) is 7.16. The first-order chi connectivity index (χ1) is 12.6. The average Bonchev–Trinajstić information content (AvgIpc) is 3.16. The Morgan fingerprint density at radius 1 is 1.19 bits per heavy atom. The number of aryl methyl sites for hydroxylation is 2. The Morgan fingerprint density at radius 2 is 2.00 bits per heavy atom. The summed E-state index contributed by atoms with van der Waals surface area (Å²) in [7, 11) is 0. The minimum Gasteiger partial charge on any atom is -0.460 e. The van der Waals surface area contributed by atoms with E-state index in [0.717, 1.165) is 27.9 Å². The van der Waals surface area contributed by atoms with Crippen LogP contribution in [0.5, 0.6) is 0 Å². The number of carbonyl (C=O) groups is 1. The van der Waals surface area contributed by atoms with Gasteiger partial charge in [0.15, 0.2) is 5.58 Å². The monoisotopic (exact) mass is 366 g/mol. The molecule has 7 heteroatoms. The zero-order chi connectivity index (χ0) is 18.1. The van der Waals surface area contributed by atoms with E-state index in [1.807, 2.05) is 54.6 Å². The molecule has 4 aromatic rings. The van der Waals surface area contributed by atoms with Gasteiger partial charge in [-0.15, -0.1) is 10.2 Å². The number of furan rings is 1. The van der Waals surface area contributed by atoms with Crippen LogP contribution in [0.4, 0.5) is 0 Å². The second-order valence-electron chi connectivity index (χ2n) is 6.19. The molecule has 0 bridgehead atoms. The van der Waals surface area contributed by atoms with Crippen LogP contribution in [0.2, 0.25) is 0 Å². The molecule has 1 aromatic carbocycles. The molecule has 1 amide bonds. The molecule has 0 aliphatic rings. The molecule has 0 atom stereocenters. The summed E-state index contributed by atoms with van der Waals surface area (Å²) in [6, 6.07) is 12.0. The first-order valence-electron chi connectivity index (χ1n) is 8.28. The van der Waals surface area contributed by atoms with Crippen LogP contribution in [0.25, 0.3) is 16.6 Å². The Kier molecular flexibility index (Phi) is 4.38. The molecule has 0 fully saturated rings. The Labute approximate surface area is 154 Å². The number of amides is 1. The van der Waals surface area contributed by atoms with Crippen molar-refractivity contribution in [1.82, 2.24) is 19.9 Å². The number of hydrogen-bond donors (Lipinski definition) is 1. The second kappa shape index (κ2) is 6.84. The summed E-state index contributed by atoms with van der Waals surface area (Å²) in [5, 5.41) is 11.9. The van der Waals surface area contributed by atoms with Gasteiger partial charge < -0.3 is 9.73 Å². The molecular formula is C19H18N4O2S. The fraction of sp³-hybridized carbons (Fsp3) is 0.211. The molecule has 3 heterocycles. The number of nitrogens with zero attached hydrogens (tertiary/aromatic N) is 3. The third kappa shape index (κ3) is 3.30. The van der Waals surface area contributed by atoms with E-state index in [0.29, 0.717) is 11.6 Å². The topological polar surface area (TPSA) is 72.4 Å². The average molecular weight is 366 g/mol. The molecule has 0 aliphatic heterocycles. The van der Waals surface area contributed by atoms with E-state index in [9.17, 15) is 4.79 Å². The number of benzene rings is 1. The largest absolute Gasteiger partial charge is 0.460 e. The van der Waals surface area contributed by atoms with Crippen molar-refractivity contribution in [3.8, 4) is 0 Å². The SMILES string of the molecule is Cc1ccc(CNC(=O)CSc2nncn3c2cc2oc(C)cc23)cc1. The van der Waals surface area contributed by atoms with Gasteiger partial charge in [0.2, 0.25) is 5.91 Å². The molecule has 4 rings (SSSR count). The number of carbonyl (C=O) groups excluding carboxylic acids is 1. The summed E-state index contributed by atoms with van der Waals surface area (Å²) in [5.74, 6) is 1.10. The Hall–Kier alpha value is -2.80. The fourth-order valence-electron chi connectivity index (χ4n) is 2.80. The predicted octanol–water partition coefficient (Wildman–Crippen LogP) is 3.50. The van der Waals surface area contributed by atoms with E-state index in [1.165, 1.54) is 17.3 Å². The number of nitrogens with one attached hydrogen (secondary N) is 1. The zero-order valence-corrected chi connectivity index (χ0v) is 15.3. The smallest absolute Gasteiger partial charge is 0.230 e. The van der Waals surface area contributed by atoms with Crippen molar-refractivity contribution in [3.63, 3.8) is 0 Å². The molecule has 0 saturated heterocycles. The van der Waals surface area contributed by atoms with Crippen LogP contribution in [-0.4, -0.2) is 26.3 Å². The van der Waals surface area contributed by atoms with Crippen molar-refractivity contribution in [2.75, 3.05) is 5.75 Å². The summed E-state index contributed by atoms with van der Waals surface area (Å²) < 4.78 is 7.60. The van der Waals surface area contributed by atoms with Gasteiger partial charge in [0.1, 0.15) is 17.1 Å². The number of hydrogen-bond acceptors (Lipinski definition) is 5. The highest BCUT2D eigenvalue weighted by molar-refractivity contribution is 8.00. The van der Waals surface area contributed by atoms with Gasteiger partial charge in [-0.2, -0.15) is 0 Å². The summed E-state index contributed by atoms with van der Waals surface area (Å²) in [5.41, 5.74) is 4.93. The normalized spacial score (nSPS) is 11.3. The Morgan fingerprint density at radius 3 is 2.81 bits per heavy atom. The molecule has 0 radical (unpaired) electrons. The lowest BCUT2D eigenvalue weighted by Gasteiger charge is -2.06. The maximum absolute atomic E-state index is 12.2. The van der Waals surface area contributed by atoms with Crippen LogP contribution in [0, 0.1) is 13.8 Å². The highest BCUT2D eigenvalue weighted by Gasteiger charge is 2.13. The molecule has 0 saturated carbocycles. The quantitative estimate of drug-likeness (QED) is 0.547. The van der Waals surface area contributed by atoms with Crippen molar-refractivity contribution < 1.29 is 9.21 Å². The van der Waals surface area contributed by atoms with Crippen LogP contribution >= 0.6 is 11.8 Å². The van der Waals surface area contributed by atoms with E-state index in [1.54, 1.807) is 6.33 Å². The van der Waals surface area contributed by atoms with Crippen molar-refractivity contribution in [2.24, 2.45) is 0 Å². The van der Waals surface area contributed by atoms with Gasteiger partial charge >= 0.3 is 0 Å². The fourth-order valence-corrected chi connectivity index (χ4v) is 3.58. The maximum atomic E-state index is 12.2. The van der Waals surface area contributed by atoms with Gasteiger partial charge in [0.05, 0.1) is 16.8 Å². The number of fused-ring (bicyclic) bond motifs is 3. The molecule has 3 aromatic heterocycles. The van der Waals surface area contributed by atoms with E-state index in [-0.39, 0.29) is 11.7 Å². The van der Waals surface area contributed by atoms with Gasteiger partial charge in [0.25, 0.3) is 0 Å². The van der Waals surface area contributed by atoms with Crippen LogP contribution in [0.3, 0.4) is 0 Å². The zero-order valence-electron chi connectivity index (χ0n) is 14.5. The Bertz CT molecular complexity index is 1080. The van der Waals surface area contributed by atoms with Gasteiger partial charge in [-0.05, 0) is 19.4 Å². The standard InChI is InChI=1S/C19H18N4O2S/c1-12-3-5-14(6-4-12)9-20-18(24)10-26-19-16-8-17-15(7-13(2)25-17)23(16)11-21-22-19/h3-8,11H,9-10H2,1-2H3,(H,20,24). The van der Waals surface area contributed by atoms with Crippen molar-refractivity contribution in [2.45, 2.75) is 25.4 Å². The third-order valence-corrected chi connectivity index (χ3v) is 5.11. The summed E-state index contributed by atoms with van der Waals surface area (Å²) >= 11 is 1.37. The minimum absolute atomic E-state index is 0.0366. The first-order valence-corrected chi connectivity index (χ1v) is 9.26. The number of rotatable bonds is 5. The highest BCUT2D eigenvalue weighted by Crippen LogP contribution is 2.28. The van der Waals surface area contributed by atoms with Crippen LogP contribution in [0.15, 0.2) is 52.2 Å². The van der Waals surface area contributed by atoms with E-state index >= 15 is 0 Å². The minimum atomic E-state index is -0.0366. The highest BCUT2D eigenvalue weighted by atomic mass is 32.2. The molecule has 132 valence electrons. The molecule has 1 N–H and O–H groups in total. The van der Waals surface area contributed by atoms with E-state index in [2.05, 4.69) is 15.5 Å². The summed E-state index contributed by atoms with van der Waals surface area (Å²) in [6.07, 6.45) is 1.66. The predicted molar refractivity (Wildman–Crippen MR) is 101 cm³/mol. The molecule has 26 heavy (non-hydrogen) atoms. The molecule has 0 aliphatic carbocycles. The van der Waals surface area contributed by atoms with E-state index in [4.69, 9.17) is 4.42 Å². The maximum Gasteiger partial charge on any atom is 0.230 e. The van der Waals surface area contributed by atoms with Crippen LogP contribution in [0.1, 0.15) is 16.9 Å². The number of aromatic nitrogens is 3. The lowest BCUT2D eigenvalue weighted by atomic mass is 10.1. The lowest BCUT2D eigenvalue weighted by molar-refractivity contribution is -0.118. The third-order valence-electron chi connectivity index (χ3n) is 4.14. The van der Waals surface area contributed by atoms with Gasteiger partial charge in [-0.25, -0.2) is 0 Å². The van der Waals surface area contributed by atoms with E-state index < -0.39 is 0 Å².